The highest BCUT2D eigenvalue weighted by Crippen LogP contribution is 2.39. The summed E-state index contributed by atoms with van der Waals surface area (Å²) in [7, 11) is 0. The van der Waals surface area contributed by atoms with E-state index < -0.39 is 0 Å². The number of nitrogens with one attached hydrogen (secondary N) is 1. The van der Waals surface area contributed by atoms with Crippen molar-refractivity contribution >= 4 is 17.3 Å². The molecule has 2 rings (SSSR count). The van der Waals surface area contributed by atoms with Crippen LogP contribution in [0.3, 0.4) is 0 Å². The molecule has 0 bridgehead atoms. The number of esters is 1. The molecule has 0 aromatic heterocycles. The molecule has 0 aliphatic heterocycles. The molecule has 1 aromatic rings. The second kappa shape index (κ2) is 4.28. The molecule has 17 heavy (non-hydrogen) atoms. The normalized spacial score (nSPS) is 16.4. The average Bonchev–Trinajstić information content (AvgIpc) is 3.00. The lowest BCUT2D eigenvalue weighted by Crippen LogP contribution is -2.18. The molecule has 0 atom stereocenters. The van der Waals surface area contributed by atoms with Crippen LogP contribution in [0.25, 0.3) is 0 Å². The average molecular weight is 234 g/mol. The number of nitrogens with two attached hydrogens (primary N) is 1. The molecule has 1 aliphatic carbocycles. The van der Waals surface area contributed by atoms with Crippen molar-refractivity contribution in [1.29, 1.82) is 0 Å². The van der Waals surface area contributed by atoms with Gasteiger partial charge in [-0.15, -0.1) is 0 Å². The highest BCUT2D eigenvalue weighted by molar-refractivity contribution is 5.98. The second-order valence-electron chi connectivity index (χ2n) is 4.67. The Morgan fingerprint density at radius 2 is 2.24 bits per heavy atom. The summed E-state index contributed by atoms with van der Waals surface area (Å²) >= 11 is 0. The number of para-hydroxylation sites is 1. The van der Waals surface area contributed by atoms with Gasteiger partial charge in [-0.25, -0.2) is 4.79 Å². The minimum Gasteiger partial charge on any atom is -0.462 e. The first-order chi connectivity index (χ1) is 8.06. The summed E-state index contributed by atoms with van der Waals surface area (Å²) in [6.07, 6.45) is 2.27. The maximum Gasteiger partial charge on any atom is 0.340 e. The number of anilines is 2. The van der Waals surface area contributed by atoms with Crippen LogP contribution in [0.4, 0.5) is 11.4 Å². The zero-order chi connectivity index (χ0) is 12.5. The van der Waals surface area contributed by atoms with Crippen LogP contribution in [0.5, 0.6) is 0 Å². The van der Waals surface area contributed by atoms with Crippen LogP contribution in [0.1, 0.15) is 37.0 Å². The first kappa shape index (κ1) is 11.8. The third kappa shape index (κ3) is 2.52. The van der Waals surface area contributed by atoms with Crippen molar-refractivity contribution in [2.24, 2.45) is 0 Å². The lowest BCUT2D eigenvalue weighted by molar-refractivity contribution is 0.0527. The fraction of sp³-hybridized carbons (Fsp3) is 0.462. The molecule has 92 valence electrons. The van der Waals surface area contributed by atoms with Gasteiger partial charge in [0.05, 0.1) is 23.5 Å². The van der Waals surface area contributed by atoms with Gasteiger partial charge in [-0.1, -0.05) is 6.07 Å². The smallest absolute Gasteiger partial charge is 0.340 e. The number of rotatable bonds is 4. The predicted molar refractivity (Wildman–Crippen MR) is 68.1 cm³/mol. The van der Waals surface area contributed by atoms with Gasteiger partial charge in [0, 0.05) is 5.54 Å². The maximum atomic E-state index is 11.7. The zero-order valence-electron chi connectivity index (χ0n) is 10.2. The molecular weight excluding hydrogens is 216 g/mol. The number of hydrogen-bond acceptors (Lipinski definition) is 4. The third-order valence-corrected chi connectivity index (χ3v) is 3.04. The fourth-order valence-corrected chi connectivity index (χ4v) is 1.70. The van der Waals surface area contributed by atoms with Crippen LogP contribution in [0.15, 0.2) is 18.2 Å². The van der Waals surface area contributed by atoms with Crippen molar-refractivity contribution in [3.8, 4) is 0 Å². The molecule has 0 amide bonds. The summed E-state index contributed by atoms with van der Waals surface area (Å²) in [5, 5.41) is 3.37. The maximum absolute atomic E-state index is 11.7. The number of benzene rings is 1. The number of nitrogen functional groups attached to an aromatic ring is 1. The van der Waals surface area contributed by atoms with E-state index in [0.29, 0.717) is 17.9 Å². The lowest BCUT2D eigenvalue weighted by atomic mass is 10.1. The molecule has 1 fully saturated rings. The van der Waals surface area contributed by atoms with Crippen molar-refractivity contribution in [1.82, 2.24) is 0 Å². The van der Waals surface area contributed by atoms with Gasteiger partial charge >= 0.3 is 5.97 Å². The Hall–Kier alpha value is -1.71. The summed E-state index contributed by atoms with van der Waals surface area (Å²) in [6, 6.07) is 5.39. The Labute approximate surface area is 101 Å². The SMILES string of the molecule is CCOC(=O)c1cccc(NC2(C)CC2)c1N. The monoisotopic (exact) mass is 234 g/mol. The highest BCUT2D eigenvalue weighted by Gasteiger charge is 2.37. The van der Waals surface area contributed by atoms with Gasteiger partial charge in [-0.05, 0) is 38.8 Å². The molecule has 0 saturated heterocycles. The fourth-order valence-electron chi connectivity index (χ4n) is 1.70. The Morgan fingerprint density at radius 1 is 1.53 bits per heavy atom. The van der Waals surface area contributed by atoms with E-state index in [0.717, 1.165) is 18.5 Å². The van der Waals surface area contributed by atoms with Gasteiger partial charge in [-0.2, -0.15) is 0 Å². The summed E-state index contributed by atoms with van der Waals surface area (Å²) in [6.45, 7) is 4.28. The first-order valence-corrected chi connectivity index (χ1v) is 5.89. The Balaban J connectivity index is 2.23. The highest BCUT2D eigenvalue weighted by atomic mass is 16.5. The topological polar surface area (TPSA) is 64.3 Å². The van der Waals surface area contributed by atoms with E-state index in [1.54, 1.807) is 13.0 Å². The molecule has 0 unspecified atom stereocenters. The van der Waals surface area contributed by atoms with E-state index >= 15 is 0 Å². The van der Waals surface area contributed by atoms with E-state index in [2.05, 4.69) is 12.2 Å². The van der Waals surface area contributed by atoms with Crippen LogP contribution in [-0.2, 0) is 4.74 Å². The van der Waals surface area contributed by atoms with Gasteiger partial charge in [0.25, 0.3) is 0 Å². The van der Waals surface area contributed by atoms with Gasteiger partial charge in [0.1, 0.15) is 0 Å². The van der Waals surface area contributed by atoms with Crippen LogP contribution in [0.2, 0.25) is 0 Å². The summed E-state index contributed by atoms with van der Waals surface area (Å²) in [4.78, 5) is 11.7. The number of ether oxygens (including phenoxy) is 1. The molecule has 3 N–H and O–H groups in total. The minimum absolute atomic E-state index is 0.140. The molecule has 0 radical (unpaired) electrons. The number of carbonyl (C=O) groups excluding carboxylic acids is 1. The second-order valence-corrected chi connectivity index (χ2v) is 4.67. The van der Waals surface area contributed by atoms with E-state index in [9.17, 15) is 4.79 Å². The van der Waals surface area contributed by atoms with E-state index in [-0.39, 0.29) is 11.5 Å². The van der Waals surface area contributed by atoms with Gasteiger partial charge in [0.2, 0.25) is 0 Å². The van der Waals surface area contributed by atoms with Crippen molar-refractivity contribution in [2.45, 2.75) is 32.2 Å². The van der Waals surface area contributed by atoms with Crippen molar-refractivity contribution in [2.75, 3.05) is 17.7 Å². The number of hydrogen-bond donors (Lipinski definition) is 2. The van der Waals surface area contributed by atoms with Crippen LogP contribution < -0.4 is 11.1 Å². The quantitative estimate of drug-likeness (QED) is 0.620. The van der Waals surface area contributed by atoms with E-state index in [1.807, 2.05) is 12.1 Å². The molecular formula is C13H18N2O2. The van der Waals surface area contributed by atoms with Crippen LogP contribution in [-0.4, -0.2) is 18.1 Å². The minimum atomic E-state index is -0.366. The first-order valence-electron chi connectivity index (χ1n) is 5.89. The molecule has 1 aliphatic rings. The van der Waals surface area contributed by atoms with Gasteiger partial charge < -0.3 is 15.8 Å². The molecule has 1 aromatic carbocycles. The zero-order valence-corrected chi connectivity index (χ0v) is 10.2. The molecule has 4 nitrogen and oxygen atoms in total. The number of carbonyl (C=O) groups is 1. The van der Waals surface area contributed by atoms with E-state index in [4.69, 9.17) is 10.5 Å². The standard InChI is InChI=1S/C13H18N2O2/c1-3-17-12(16)9-5-4-6-10(11(9)14)15-13(2)7-8-13/h4-6,15H,3,7-8,14H2,1-2H3. The van der Waals surface area contributed by atoms with Crippen LogP contribution >= 0.6 is 0 Å². The van der Waals surface area contributed by atoms with E-state index in [1.165, 1.54) is 0 Å². The lowest BCUT2D eigenvalue weighted by Gasteiger charge is -2.16. The molecule has 0 heterocycles. The summed E-state index contributed by atoms with van der Waals surface area (Å²) in [5.41, 5.74) is 7.84. The van der Waals surface area contributed by atoms with Gasteiger partial charge in [0.15, 0.2) is 0 Å². The molecule has 0 spiro atoms. The Kier molecular flexibility index (Phi) is 2.96. The van der Waals surface area contributed by atoms with Crippen molar-refractivity contribution in [3.05, 3.63) is 23.8 Å². The van der Waals surface area contributed by atoms with Crippen molar-refractivity contribution < 1.29 is 9.53 Å². The molecule has 4 heteroatoms. The largest absolute Gasteiger partial charge is 0.462 e. The Morgan fingerprint density at radius 3 is 2.82 bits per heavy atom. The van der Waals surface area contributed by atoms with Crippen LogP contribution in [0, 0.1) is 0 Å². The third-order valence-electron chi connectivity index (χ3n) is 3.04. The van der Waals surface area contributed by atoms with Gasteiger partial charge in [-0.3, -0.25) is 0 Å². The molecule has 1 saturated carbocycles. The predicted octanol–water partition coefficient (Wildman–Crippen LogP) is 2.41. The van der Waals surface area contributed by atoms with Crippen molar-refractivity contribution in [3.63, 3.8) is 0 Å². The summed E-state index contributed by atoms with van der Waals surface area (Å²) < 4.78 is 4.96. The Bertz CT molecular complexity index is 439. The summed E-state index contributed by atoms with van der Waals surface area (Å²) in [5.74, 6) is -0.366.